The lowest BCUT2D eigenvalue weighted by molar-refractivity contribution is -0.133. The molecule has 1 saturated heterocycles. The van der Waals surface area contributed by atoms with Gasteiger partial charge >= 0.3 is 0 Å². The van der Waals surface area contributed by atoms with E-state index < -0.39 is 12.1 Å². The van der Waals surface area contributed by atoms with Crippen LogP contribution in [0.15, 0.2) is 16.6 Å². The summed E-state index contributed by atoms with van der Waals surface area (Å²) < 4.78 is 0.643. The normalized spacial score (nSPS) is 22.4. The highest BCUT2D eigenvalue weighted by Crippen LogP contribution is 2.39. The molecule has 0 aliphatic carbocycles. The summed E-state index contributed by atoms with van der Waals surface area (Å²) in [5, 5.41) is 3.33. The van der Waals surface area contributed by atoms with E-state index in [2.05, 4.69) is 21.2 Å². The van der Waals surface area contributed by atoms with Crippen LogP contribution in [0.4, 0.5) is 5.69 Å². The monoisotopic (exact) mass is 392 g/mol. The van der Waals surface area contributed by atoms with E-state index in [0.717, 1.165) is 6.42 Å². The Balaban J connectivity index is 2.46. The summed E-state index contributed by atoms with van der Waals surface area (Å²) in [6, 6.07) is 2.26. The zero-order chi connectivity index (χ0) is 15.7. The van der Waals surface area contributed by atoms with Crippen molar-refractivity contribution in [2.45, 2.75) is 38.8 Å². The molecule has 2 amide bonds. The van der Waals surface area contributed by atoms with Crippen LogP contribution in [-0.4, -0.2) is 23.9 Å². The van der Waals surface area contributed by atoms with Crippen LogP contribution < -0.4 is 10.2 Å². The first kappa shape index (κ1) is 16.6. The smallest absolute Gasteiger partial charge is 0.250 e. The fourth-order valence-corrected chi connectivity index (χ4v) is 3.20. The third-order valence-electron chi connectivity index (χ3n) is 3.47. The highest BCUT2D eigenvalue weighted by molar-refractivity contribution is 9.10. The number of hydrogen-bond donors (Lipinski definition) is 1. The first-order valence-electron chi connectivity index (χ1n) is 6.65. The average Bonchev–Trinajstić information content (AvgIpc) is 2.45. The number of hydrogen-bond acceptors (Lipinski definition) is 2. The molecule has 7 heteroatoms. The van der Waals surface area contributed by atoms with Gasteiger partial charge in [-0.3, -0.25) is 14.5 Å². The molecule has 1 fully saturated rings. The van der Waals surface area contributed by atoms with Crippen molar-refractivity contribution >= 4 is 56.6 Å². The largest absolute Gasteiger partial charge is 0.342 e. The minimum Gasteiger partial charge on any atom is -0.342 e. The van der Waals surface area contributed by atoms with Gasteiger partial charge in [-0.25, -0.2) is 0 Å². The molecule has 2 atom stereocenters. The van der Waals surface area contributed by atoms with Gasteiger partial charge in [-0.2, -0.15) is 0 Å². The first-order chi connectivity index (χ1) is 9.88. The minimum atomic E-state index is -0.625. The molecule has 1 aromatic rings. The van der Waals surface area contributed by atoms with E-state index in [-0.39, 0.29) is 16.8 Å². The van der Waals surface area contributed by atoms with E-state index in [1.807, 2.05) is 6.92 Å². The molecule has 2 unspecified atom stereocenters. The Morgan fingerprint density at radius 1 is 1.29 bits per heavy atom. The summed E-state index contributed by atoms with van der Waals surface area (Å²) in [7, 11) is 0. The fourth-order valence-electron chi connectivity index (χ4n) is 2.34. The zero-order valence-electron chi connectivity index (χ0n) is 11.6. The third-order valence-corrected chi connectivity index (χ3v) is 5.23. The van der Waals surface area contributed by atoms with Gasteiger partial charge in [0, 0.05) is 4.47 Å². The lowest BCUT2D eigenvalue weighted by atomic mass is 10.0. The number of nitrogens with one attached hydrogen (secondary N) is 1. The summed E-state index contributed by atoms with van der Waals surface area (Å²) in [4.78, 5) is 26.1. The van der Waals surface area contributed by atoms with E-state index >= 15 is 0 Å². The summed E-state index contributed by atoms with van der Waals surface area (Å²) in [5.41, 5.74) is 0.457. The summed E-state index contributed by atoms with van der Waals surface area (Å²) in [6.45, 7) is 3.63. The number of nitrogens with zero attached hydrogens (tertiary/aromatic N) is 1. The van der Waals surface area contributed by atoms with Crippen LogP contribution in [0.25, 0.3) is 0 Å². The molecule has 0 aromatic heterocycles. The van der Waals surface area contributed by atoms with Crippen LogP contribution in [0.5, 0.6) is 0 Å². The number of amides is 2. The molecule has 2 rings (SSSR count). The SMILES string of the molecule is CCCC1NC(=O)C(C)N(c2ccc(Br)c(Cl)c2Cl)C1=O. The van der Waals surface area contributed by atoms with Gasteiger partial charge < -0.3 is 5.32 Å². The van der Waals surface area contributed by atoms with E-state index in [1.165, 1.54) is 4.90 Å². The maximum Gasteiger partial charge on any atom is 0.250 e. The molecule has 1 aromatic carbocycles. The predicted octanol–water partition coefficient (Wildman–Crippen LogP) is 3.78. The van der Waals surface area contributed by atoms with Crippen LogP contribution in [0.1, 0.15) is 26.7 Å². The van der Waals surface area contributed by atoms with Crippen LogP contribution in [0.3, 0.4) is 0 Å². The maximum atomic E-state index is 12.6. The van der Waals surface area contributed by atoms with Gasteiger partial charge in [0.2, 0.25) is 11.8 Å². The zero-order valence-corrected chi connectivity index (χ0v) is 14.7. The second-order valence-corrected chi connectivity index (χ2v) is 6.54. The summed E-state index contributed by atoms with van der Waals surface area (Å²) in [5.74, 6) is -0.354. The van der Waals surface area contributed by atoms with Crippen LogP contribution in [0, 0.1) is 0 Å². The molecule has 0 bridgehead atoms. The molecule has 4 nitrogen and oxygen atoms in total. The molecule has 0 saturated carbocycles. The maximum absolute atomic E-state index is 12.6. The Labute approximate surface area is 141 Å². The van der Waals surface area contributed by atoms with Gasteiger partial charge in [-0.1, -0.05) is 36.5 Å². The second-order valence-electron chi connectivity index (χ2n) is 4.93. The van der Waals surface area contributed by atoms with E-state index in [1.54, 1.807) is 19.1 Å². The van der Waals surface area contributed by atoms with Crippen LogP contribution >= 0.6 is 39.1 Å². The molecular formula is C14H15BrCl2N2O2. The summed E-state index contributed by atoms with van der Waals surface area (Å²) >= 11 is 15.6. The van der Waals surface area contributed by atoms with Gasteiger partial charge in [0.15, 0.2) is 0 Å². The molecule has 0 radical (unpaired) electrons. The highest BCUT2D eigenvalue weighted by Gasteiger charge is 2.39. The Morgan fingerprint density at radius 3 is 2.57 bits per heavy atom. The molecule has 1 N–H and O–H groups in total. The van der Waals surface area contributed by atoms with Crippen molar-refractivity contribution in [3.63, 3.8) is 0 Å². The van der Waals surface area contributed by atoms with Gasteiger partial charge in [0.05, 0.1) is 15.7 Å². The van der Waals surface area contributed by atoms with Crippen molar-refractivity contribution in [2.24, 2.45) is 0 Å². The molecule has 114 valence electrons. The standard InChI is InChI=1S/C14H15BrCl2N2O2/c1-3-4-9-14(21)19(7(2)13(20)18-9)10-6-5-8(15)11(16)12(10)17/h5-7,9H,3-4H2,1-2H3,(H,18,20). The Morgan fingerprint density at radius 2 is 1.95 bits per heavy atom. The fraction of sp³-hybridized carbons (Fsp3) is 0.429. The predicted molar refractivity (Wildman–Crippen MR) is 87.9 cm³/mol. The van der Waals surface area contributed by atoms with E-state index in [4.69, 9.17) is 23.2 Å². The number of carbonyl (C=O) groups excluding carboxylic acids is 2. The Kier molecular flexibility index (Phi) is 5.17. The molecule has 1 heterocycles. The third kappa shape index (κ3) is 3.05. The van der Waals surface area contributed by atoms with Crippen molar-refractivity contribution in [3.8, 4) is 0 Å². The number of benzene rings is 1. The number of piperazine rings is 1. The van der Waals surface area contributed by atoms with Gasteiger partial charge in [-0.05, 0) is 41.4 Å². The lowest BCUT2D eigenvalue weighted by Crippen LogP contribution is -2.62. The van der Waals surface area contributed by atoms with Crippen molar-refractivity contribution < 1.29 is 9.59 Å². The van der Waals surface area contributed by atoms with Crippen molar-refractivity contribution in [3.05, 3.63) is 26.7 Å². The average molecular weight is 394 g/mol. The Bertz CT molecular complexity index is 595. The van der Waals surface area contributed by atoms with Crippen LogP contribution in [0.2, 0.25) is 10.0 Å². The van der Waals surface area contributed by atoms with Gasteiger partial charge in [0.25, 0.3) is 0 Å². The second kappa shape index (κ2) is 6.55. The topological polar surface area (TPSA) is 49.4 Å². The van der Waals surface area contributed by atoms with Crippen molar-refractivity contribution in [1.29, 1.82) is 0 Å². The quantitative estimate of drug-likeness (QED) is 0.794. The molecule has 1 aliphatic heterocycles. The number of anilines is 1. The Hall–Kier alpha value is -0.780. The lowest BCUT2D eigenvalue weighted by Gasteiger charge is -2.37. The molecular weight excluding hydrogens is 379 g/mol. The number of carbonyl (C=O) groups is 2. The van der Waals surface area contributed by atoms with Gasteiger partial charge in [-0.15, -0.1) is 0 Å². The molecule has 1 aliphatic rings. The first-order valence-corrected chi connectivity index (χ1v) is 8.20. The minimum absolute atomic E-state index is 0.163. The molecule has 21 heavy (non-hydrogen) atoms. The van der Waals surface area contributed by atoms with E-state index in [9.17, 15) is 9.59 Å². The van der Waals surface area contributed by atoms with Crippen molar-refractivity contribution in [2.75, 3.05) is 4.90 Å². The number of rotatable bonds is 3. The number of halogens is 3. The van der Waals surface area contributed by atoms with Gasteiger partial charge in [0.1, 0.15) is 12.1 Å². The van der Waals surface area contributed by atoms with Crippen LogP contribution in [-0.2, 0) is 9.59 Å². The molecule has 0 spiro atoms. The highest BCUT2D eigenvalue weighted by atomic mass is 79.9. The summed E-state index contributed by atoms with van der Waals surface area (Å²) in [6.07, 6.45) is 1.39. The van der Waals surface area contributed by atoms with Crippen molar-refractivity contribution in [1.82, 2.24) is 5.32 Å². The van der Waals surface area contributed by atoms with E-state index in [0.29, 0.717) is 21.6 Å².